The average molecular weight is 609 g/mol. The summed E-state index contributed by atoms with van der Waals surface area (Å²) in [6.45, 7) is 6.96. The molecule has 0 spiro atoms. The first-order valence-electron chi connectivity index (χ1n) is 14.1. The van der Waals surface area contributed by atoms with E-state index in [1.165, 1.54) is 18.2 Å². The van der Waals surface area contributed by atoms with Gasteiger partial charge in [0.15, 0.2) is 21.4 Å². The SMILES string of the molecule is COC[C@H](C(=O)Cc1cccc2c(-c3nc(Nc4cccc(S(C)(=O)=O)c4F)ncc3C)c[nH]c12)N1CCN(C)C[C@H]1C. The van der Waals surface area contributed by atoms with Crippen molar-refractivity contribution in [1.82, 2.24) is 24.8 Å². The van der Waals surface area contributed by atoms with Gasteiger partial charge >= 0.3 is 0 Å². The molecule has 43 heavy (non-hydrogen) atoms. The molecule has 228 valence electrons. The van der Waals surface area contributed by atoms with E-state index in [4.69, 9.17) is 4.74 Å². The number of anilines is 2. The summed E-state index contributed by atoms with van der Waals surface area (Å²) in [5.74, 6) is -0.672. The van der Waals surface area contributed by atoms with Crippen LogP contribution in [0.3, 0.4) is 0 Å². The first-order chi connectivity index (χ1) is 20.5. The molecular weight excluding hydrogens is 571 g/mol. The van der Waals surface area contributed by atoms with Gasteiger partial charge in [-0.15, -0.1) is 0 Å². The third-order valence-electron chi connectivity index (χ3n) is 7.98. The van der Waals surface area contributed by atoms with Crippen LogP contribution < -0.4 is 5.32 Å². The van der Waals surface area contributed by atoms with Crippen molar-refractivity contribution in [2.45, 2.75) is 37.2 Å². The van der Waals surface area contributed by atoms with E-state index in [0.717, 1.165) is 53.5 Å². The van der Waals surface area contributed by atoms with E-state index in [1.807, 2.05) is 31.3 Å². The summed E-state index contributed by atoms with van der Waals surface area (Å²) in [6, 6.07) is 9.86. The average Bonchev–Trinajstić information content (AvgIpc) is 3.38. The number of carbonyl (C=O) groups excluding carboxylic acids is 1. The van der Waals surface area contributed by atoms with Gasteiger partial charge in [-0.1, -0.05) is 24.3 Å². The van der Waals surface area contributed by atoms with Crippen LogP contribution in [0, 0.1) is 12.7 Å². The number of piperazine rings is 1. The number of Topliss-reactive ketones (excluding diaryl/α,β-unsaturated/α-hetero) is 1. The van der Waals surface area contributed by atoms with Crippen LogP contribution in [0.2, 0.25) is 0 Å². The van der Waals surface area contributed by atoms with E-state index in [-0.39, 0.29) is 35.9 Å². The normalized spacial score (nSPS) is 17.3. The molecule has 12 heteroatoms. The lowest BCUT2D eigenvalue weighted by molar-refractivity contribution is -0.127. The number of hydrogen-bond acceptors (Lipinski definition) is 9. The first-order valence-corrected chi connectivity index (χ1v) is 16.0. The van der Waals surface area contributed by atoms with Gasteiger partial charge < -0.3 is 19.9 Å². The van der Waals surface area contributed by atoms with Gasteiger partial charge in [0.05, 0.1) is 24.0 Å². The highest BCUT2D eigenvalue weighted by molar-refractivity contribution is 7.90. The summed E-state index contributed by atoms with van der Waals surface area (Å²) in [4.78, 5) is 30.1. The molecule has 0 unspecified atom stereocenters. The van der Waals surface area contributed by atoms with Crippen molar-refractivity contribution in [3.8, 4) is 11.3 Å². The van der Waals surface area contributed by atoms with Crippen molar-refractivity contribution < 1.29 is 22.3 Å². The highest BCUT2D eigenvalue weighted by Gasteiger charge is 2.32. The molecule has 1 aliphatic heterocycles. The zero-order valence-electron chi connectivity index (χ0n) is 25.0. The van der Waals surface area contributed by atoms with Crippen molar-refractivity contribution >= 4 is 38.2 Å². The predicted octanol–water partition coefficient (Wildman–Crippen LogP) is 3.98. The summed E-state index contributed by atoms with van der Waals surface area (Å²) in [6.07, 6.45) is 4.68. The summed E-state index contributed by atoms with van der Waals surface area (Å²) < 4.78 is 44.4. The molecule has 1 fully saturated rings. The molecule has 2 atom stereocenters. The monoisotopic (exact) mass is 608 g/mol. The topological polar surface area (TPSA) is 121 Å². The Morgan fingerprint density at radius 1 is 1.23 bits per heavy atom. The molecule has 1 aliphatic rings. The Morgan fingerprint density at radius 3 is 2.72 bits per heavy atom. The molecule has 10 nitrogen and oxygen atoms in total. The maximum atomic E-state index is 15.0. The van der Waals surface area contributed by atoms with Crippen molar-refractivity contribution in [3.63, 3.8) is 0 Å². The lowest BCUT2D eigenvalue weighted by Crippen LogP contribution is -2.58. The van der Waals surface area contributed by atoms with Crippen LogP contribution >= 0.6 is 0 Å². The largest absolute Gasteiger partial charge is 0.383 e. The molecule has 2 aromatic carbocycles. The van der Waals surface area contributed by atoms with Crippen LogP contribution in [-0.4, -0.2) is 97.7 Å². The number of halogens is 1. The number of aromatic nitrogens is 3. The Hall–Kier alpha value is -3.71. The molecule has 5 rings (SSSR count). The molecule has 0 radical (unpaired) electrons. The quantitative estimate of drug-likeness (QED) is 0.275. The van der Waals surface area contributed by atoms with Gasteiger partial charge in [-0.05, 0) is 44.2 Å². The van der Waals surface area contributed by atoms with E-state index < -0.39 is 20.5 Å². The number of ketones is 1. The molecule has 2 N–H and O–H groups in total. The second-order valence-corrected chi connectivity index (χ2v) is 13.2. The number of H-pyrrole nitrogens is 1. The number of benzene rings is 2. The highest BCUT2D eigenvalue weighted by Crippen LogP contribution is 2.33. The summed E-state index contributed by atoms with van der Waals surface area (Å²) in [5, 5.41) is 3.71. The fraction of sp³-hybridized carbons (Fsp3) is 0.387. The van der Waals surface area contributed by atoms with Crippen LogP contribution in [0.1, 0.15) is 18.1 Å². The Labute approximate surface area is 251 Å². The van der Waals surface area contributed by atoms with E-state index in [9.17, 15) is 17.6 Å². The van der Waals surface area contributed by atoms with E-state index in [0.29, 0.717) is 12.3 Å². The van der Waals surface area contributed by atoms with Crippen molar-refractivity contribution in [3.05, 3.63) is 65.7 Å². The summed E-state index contributed by atoms with van der Waals surface area (Å²) in [7, 11) is -0.0288. The Kier molecular flexibility index (Phi) is 8.93. The minimum Gasteiger partial charge on any atom is -0.383 e. The number of fused-ring (bicyclic) bond motifs is 1. The lowest BCUT2D eigenvalue weighted by atomic mass is 9.98. The minimum absolute atomic E-state index is 0.0438. The van der Waals surface area contributed by atoms with Crippen molar-refractivity contribution in [2.75, 3.05) is 52.0 Å². The van der Waals surface area contributed by atoms with E-state index in [2.05, 4.69) is 44.0 Å². The number of carbonyl (C=O) groups is 1. The van der Waals surface area contributed by atoms with Crippen molar-refractivity contribution in [1.29, 1.82) is 0 Å². The fourth-order valence-corrected chi connectivity index (χ4v) is 6.56. The number of aromatic amines is 1. The number of rotatable bonds is 10. The first kappa shape index (κ1) is 30.7. The maximum absolute atomic E-state index is 15.0. The van der Waals surface area contributed by atoms with Crippen molar-refractivity contribution in [2.24, 2.45) is 0 Å². The second-order valence-electron chi connectivity index (χ2n) is 11.2. The van der Waals surface area contributed by atoms with Crippen LogP contribution in [0.4, 0.5) is 16.0 Å². The number of ether oxygens (including phenoxy) is 1. The fourth-order valence-electron chi connectivity index (χ4n) is 5.80. The Balaban J connectivity index is 1.44. The number of nitrogens with one attached hydrogen (secondary N) is 2. The number of aryl methyl sites for hydroxylation is 1. The summed E-state index contributed by atoms with van der Waals surface area (Å²) >= 11 is 0. The lowest BCUT2D eigenvalue weighted by Gasteiger charge is -2.42. The number of methoxy groups -OCH3 is 1. The molecule has 0 amide bonds. The number of likely N-dealkylation sites (N-methyl/N-ethyl adjacent to an activating group) is 1. The third kappa shape index (κ3) is 6.47. The Bertz CT molecular complexity index is 1760. The molecule has 2 aromatic heterocycles. The van der Waals surface area contributed by atoms with Crippen LogP contribution in [0.15, 0.2) is 53.7 Å². The third-order valence-corrected chi connectivity index (χ3v) is 9.10. The zero-order valence-corrected chi connectivity index (χ0v) is 25.8. The molecule has 0 bridgehead atoms. The van der Waals surface area contributed by atoms with Crippen LogP contribution in [0.25, 0.3) is 22.2 Å². The standard InChI is InChI=1S/C31H37FN6O4S/c1-19-15-34-31(35-24-10-7-11-27(28(24)32)43(5,40)41)36-29(19)23-16-33-30-21(8-6-9-22(23)30)14-26(39)25(18-42-4)38-13-12-37(3)17-20(38)2/h6-11,15-16,20,25,33H,12-14,17-18H2,1-5H3,(H,34,35,36)/t20-,25-/m1/s1. The van der Waals surface area contributed by atoms with Gasteiger partial charge in [0.1, 0.15) is 4.90 Å². The van der Waals surface area contributed by atoms with Gasteiger partial charge in [-0.25, -0.2) is 22.8 Å². The Morgan fingerprint density at radius 2 is 2.00 bits per heavy atom. The highest BCUT2D eigenvalue weighted by atomic mass is 32.2. The minimum atomic E-state index is -3.75. The van der Waals surface area contributed by atoms with Crippen LogP contribution in [0.5, 0.6) is 0 Å². The maximum Gasteiger partial charge on any atom is 0.227 e. The van der Waals surface area contributed by atoms with Crippen LogP contribution in [-0.2, 0) is 25.8 Å². The smallest absolute Gasteiger partial charge is 0.227 e. The van der Waals surface area contributed by atoms with Gasteiger partial charge in [0.25, 0.3) is 0 Å². The zero-order chi connectivity index (χ0) is 30.9. The van der Waals surface area contributed by atoms with Gasteiger partial charge in [-0.2, -0.15) is 0 Å². The number of para-hydroxylation sites is 1. The molecule has 4 aromatic rings. The molecule has 1 saturated heterocycles. The van der Waals surface area contributed by atoms with E-state index >= 15 is 0 Å². The number of nitrogens with zero attached hydrogens (tertiary/aromatic N) is 4. The predicted molar refractivity (Wildman–Crippen MR) is 165 cm³/mol. The van der Waals surface area contributed by atoms with Gasteiger partial charge in [0.2, 0.25) is 5.95 Å². The van der Waals surface area contributed by atoms with Gasteiger partial charge in [0, 0.05) is 74.3 Å². The number of sulfone groups is 1. The number of hydrogen-bond donors (Lipinski definition) is 2. The summed E-state index contributed by atoms with van der Waals surface area (Å²) in [5.41, 5.74) is 3.89. The van der Waals surface area contributed by atoms with E-state index in [1.54, 1.807) is 13.3 Å². The molecule has 0 saturated carbocycles. The van der Waals surface area contributed by atoms with Gasteiger partial charge in [-0.3, -0.25) is 9.69 Å². The molecule has 0 aliphatic carbocycles. The molecule has 3 heterocycles. The molecular formula is C31H37FN6O4S. The second kappa shape index (κ2) is 12.5.